The van der Waals surface area contributed by atoms with Crippen LogP contribution in [0, 0.1) is 12.7 Å². The van der Waals surface area contributed by atoms with Crippen LogP contribution in [0.5, 0.6) is 0 Å². The molecule has 3 aliphatic heterocycles. The van der Waals surface area contributed by atoms with Crippen molar-refractivity contribution >= 4 is 22.8 Å². The molecule has 1 fully saturated rings. The van der Waals surface area contributed by atoms with Crippen molar-refractivity contribution in [3.63, 3.8) is 0 Å². The molecule has 0 spiro atoms. The second-order valence-electron chi connectivity index (χ2n) is 11.3. The number of cyclic esters (lactones) is 1. The Morgan fingerprint density at radius 3 is 2.83 bits per heavy atom. The first-order chi connectivity index (χ1) is 19.1. The molecule has 0 unspecified atom stereocenters. The van der Waals surface area contributed by atoms with Gasteiger partial charge in [0.25, 0.3) is 5.56 Å². The number of carbonyl (C=O) groups excluding carboxylic acids is 2. The minimum absolute atomic E-state index is 0.0246. The largest absolute Gasteiger partial charge is 0.458 e. The van der Waals surface area contributed by atoms with Crippen molar-refractivity contribution in [3.05, 3.63) is 61.7 Å². The van der Waals surface area contributed by atoms with E-state index in [1.165, 1.54) is 6.07 Å². The topological polar surface area (TPSA) is 143 Å². The number of carbonyl (C=O) groups is 2. The fraction of sp³-hybridized carbons (Fsp3) is 0.448. The molecule has 11 heteroatoms. The molecule has 4 aliphatic rings. The van der Waals surface area contributed by atoms with E-state index < -0.39 is 29.8 Å². The van der Waals surface area contributed by atoms with E-state index in [1.807, 2.05) is 0 Å². The first-order valence-electron chi connectivity index (χ1n) is 13.7. The standard InChI is InChI=1S/C29H29FN4O6/c1-3-29(39)17-7-22-25-15(10-34(22)27(37)16(17)11-40-28(29)38)24-19(33-26(36)21-6-13(35)9-31-21)5-4-14-12(2)18(30)8-20(32-25)23(14)24/h7-8,13,19,21,31,35,39H,3-6,9-11H2,1-2H3,(H,33,36)/t13-,19+,21+,29+/m1/s1. The van der Waals surface area contributed by atoms with Crippen LogP contribution in [0.15, 0.2) is 16.9 Å². The lowest BCUT2D eigenvalue weighted by molar-refractivity contribution is -0.172. The number of amides is 1. The van der Waals surface area contributed by atoms with Gasteiger partial charge >= 0.3 is 5.97 Å². The first-order valence-corrected chi connectivity index (χ1v) is 13.7. The molecule has 0 saturated carbocycles. The molecule has 3 aromatic rings. The number of fused-ring (bicyclic) bond motifs is 5. The highest BCUT2D eigenvalue weighted by molar-refractivity contribution is 5.94. The number of hydrogen-bond donors (Lipinski definition) is 4. The van der Waals surface area contributed by atoms with Crippen molar-refractivity contribution in [3.8, 4) is 11.4 Å². The summed E-state index contributed by atoms with van der Waals surface area (Å²) in [5.74, 6) is -1.41. The van der Waals surface area contributed by atoms with Gasteiger partial charge in [0.2, 0.25) is 5.91 Å². The van der Waals surface area contributed by atoms with E-state index in [0.717, 1.165) is 22.1 Å². The van der Waals surface area contributed by atoms with E-state index in [2.05, 4.69) is 10.6 Å². The second kappa shape index (κ2) is 8.66. The number of aryl methyl sites for hydroxylation is 1. The first kappa shape index (κ1) is 25.3. The Bertz CT molecular complexity index is 1720. The van der Waals surface area contributed by atoms with E-state index in [0.29, 0.717) is 48.3 Å². The summed E-state index contributed by atoms with van der Waals surface area (Å²) in [5.41, 5.74) is 2.31. The highest BCUT2D eigenvalue weighted by Crippen LogP contribution is 2.46. The predicted octanol–water partition coefficient (Wildman–Crippen LogP) is 1.35. The number of pyridine rings is 2. The number of halogens is 1. The zero-order valence-corrected chi connectivity index (χ0v) is 22.1. The highest BCUT2D eigenvalue weighted by Gasteiger charge is 2.46. The van der Waals surface area contributed by atoms with Crippen LogP contribution in [0.3, 0.4) is 0 Å². The van der Waals surface area contributed by atoms with Gasteiger partial charge in [-0.3, -0.25) is 9.59 Å². The van der Waals surface area contributed by atoms with Crippen LogP contribution in [0.25, 0.3) is 22.3 Å². The smallest absolute Gasteiger partial charge is 0.343 e. The van der Waals surface area contributed by atoms with E-state index in [4.69, 9.17) is 9.72 Å². The highest BCUT2D eigenvalue weighted by atomic mass is 19.1. The fourth-order valence-corrected chi connectivity index (χ4v) is 6.89. The molecular formula is C29H29FN4O6. The van der Waals surface area contributed by atoms with Crippen LogP contribution in [-0.4, -0.2) is 50.3 Å². The van der Waals surface area contributed by atoms with Crippen LogP contribution in [0.1, 0.15) is 65.6 Å². The zero-order valence-electron chi connectivity index (χ0n) is 22.1. The Balaban J connectivity index is 1.44. The number of aromatic nitrogens is 2. The monoisotopic (exact) mass is 548 g/mol. The molecule has 2 aromatic heterocycles. The third kappa shape index (κ3) is 3.37. The van der Waals surface area contributed by atoms with Crippen LogP contribution in [0.2, 0.25) is 0 Å². The van der Waals surface area contributed by atoms with Gasteiger partial charge in [0, 0.05) is 29.1 Å². The number of nitrogens with one attached hydrogen (secondary N) is 2. The lowest BCUT2D eigenvalue weighted by Gasteiger charge is -2.31. The summed E-state index contributed by atoms with van der Waals surface area (Å²) >= 11 is 0. The second-order valence-corrected chi connectivity index (χ2v) is 11.3. The minimum atomic E-state index is -1.96. The quantitative estimate of drug-likeness (QED) is 0.281. The van der Waals surface area contributed by atoms with Crippen LogP contribution < -0.4 is 16.2 Å². The molecular weight excluding hydrogens is 519 g/mol. The Hall–Kier alpha value is -3.67. The summed E-state index contributed by atoms with van der Waals surface area (Å²) in [6.07, 6.45) is 0.830. The Morgan fingerprint density at radius 1 is 1.30 bits per heavy atom. The normalized spacial score (nSPS) is 26.3. The number of rotatable bonds is 3. The van der Waals surface area contributed by atoms with Crippen molar-refractivity contribution < 1.29 is 28.9 Å². The molecule has 40 heavy (non-hydrogen) atoms. The molecule has 1 aliphatic carbocycles. The molecule has 1 aromatic carbocycles. The molecule has 208 valence electrons. The Morgan fingerprint density at radius 2 is 2.10 bits per heavy atom. The zero-order chi connectivity index (χ0) is 28.1. The molecule has 10 nitrogen and oxygen atoms in total. The average Bonchev–Trinajstić information content (AvgIpc) is 3.54. The average molecular weight is 549 g/mol. The predicted molar refractivity (Wildman–Crippen MR) is 141 cm³/mol. The van der Waals surface area contributed by atoms with E-state index in [-0.39, 0.29) is 48.0 Å². The maximum absolute atomic E-state index is 15.0. The van der Waals surface area contributed by atoms with Gasteiger partial charge in [0.1, 0.15) is 12.4 Å². The van der Waals surface area contributed by atoms with Gasteiger partial charge in [-0.25, -0.2) is 14.2 Å². The van der Waals surface area contributed by atoms with Gasteiger partial charge < -0.3 is 30.2 Å². The summed E-state index contributed by atoms with van der Waals surface area (Å²) in [6.45, 7) is 3.67. The van der Waals surface area contributed by atoms with E-state index in [9.17, 15) is 24.6 Å². The third-order valence-corrected chi connectivity index (χ3v) is 9.12. The number of aliphatic hydroxyl groups is 2. The molecule has 7 rings (SSSR count). The Labute approximate surface area is 228 Å². The number of esters is 1. The number of benzene rings is 1. The van der Waals surface area contributed by atoms with Gasteiger partial charge in [-0.05, 0) is 55.4 Å². The maximum Gasteiger partial charge on any atom is 0.343 e. The molecule has 1 saturated heterocycles. The lowest BCUT2D eigenvalue weighted by atomic mass is 9.81. The SMILES string of the molecule is CC[C@@]1(O)C(=O)OCc2c1cc1n(c2=O)Cc2c-1nc1cc(F)c(C)c3c1c2[C@@H](NC(=O)[C@@H]1C[C@@H](O)CN1)CC3. The van der Waals surface area contributed by atoms with Crippen molar-refractivity contribution in [1.82, 2.24) is 20.2 Å². The molecule has 1 amide bonds. The van der Waals surface area contributed by atoms with Crippen LogP contribution in [0.4, 0.5) is 4.39 Å². The summed E-state index contributed by atoms with van der Waals surface area (Å²) in [5, 5.41) is 28.1. The Kier molecular flexibility index (Phi) is 5.48. The molecule has 0 bridgehead atoms. The molecule has 4 atom stereocenters. The number of nitrogens with zero attached hydrogens (tertiary/aromatic N) is 2. The van der Waals surface area contributed by atoms with Crippen molar-refractivity contribution in [2.24, 2.45) is 0 Å². The van der Waals surface area contributed by atoms with E-state index >= 15 is 4.39 Å². The van der Waals surface area contributed by atoms with Crippen molar-refractivity contribution in [2.75, 3.05) is 6.54 Å². The summed E-state index contributed by atoms with van der Waals surface area (Å²) < 4.78 is 21.8. The molecule has 0 radical (unpaired) electrons. The van der Waals surface area contributed by atoms with Crippen molar-refractivity contribution in [2.45, 2.75) is 76.5 Å². The lowest BCUT2D eigenvalue weighted by Crippen LogP contribution is -2.44. The van der Waals surface area contributed by atoms with Gasteiger partial charge in [-0.2, -0.15) is 0 Å². The number of ether oxygens (including phenoxy) is 1. The van der Waals surface area contributed by atoms with Gasteiger partial charge in [0.15, 0.2) is 5.60 Å². The minimum Gasteiger partial charge on any atom is -0.458 e. The summed E-state index contributed by atoms with van der Waals surface area (Å²) in [4.78, 5) is 44.3. The molecule has 4 N–H and O–H groups in total. The number of β-amino-alcohol motifs (C(OH)–C–C–N with tert-alkyl or cyclic N) is 1. The third-order valence-electron chi connectivity index (χ3n) is 9.12. The molecule has 5 heterocycles. The van der Waals surface area contributed by atoms with Gasteiger partial charge in [-0.15, -0.1) is 0 Å². The van der Waals surface area contributed by atoms with Gasteiger partial charge in [0.05, 0.1) is 47.2 Å². The maximum atomic E-state index is 15.0. The number of aliphatic hydroxyl groups excluding tert-OH is 1. The van der Waals surface area contributed by atoms with Gasteiger partial charge in [-0.1, -0.05) is 6.92 Å². The fourth-order valence-electron chi connectivity index (χ4n) is 6.89. The van der Waals surface area contributed by atoms with Crippen LogP contribution >= 0.6 is 0 Å². The summed E-state index contributed by atoms with van der Waals surface area (Å²) in [7, 11) is 0. The van der Waals surface area contributed by atoms with Crippen LogP contribution in [-0.2, 0) is 39.5 Å². The van der Waals surface area contributed by atoms with Crippen molar-refractivity contribution in [1.29, 1.82) is 0 Å². The van der Waals surface area contributed by atoms with E-state index in [1.54, 1.807) is 24.5 Å². The summed E-state index contributed by atoms with van der Waals surface area (Å²) in [6, 6.07) is 2.08. The number of hydrogen-bond acceptors (Lipinski definition) is 8.